The molecule has 1 atom stereocenters. The van der Waals surface area contributed by atoms with Crippen molar-refractivity contribution in [3.63, 3.8) is 0 Å². The Hall–Kier alpha value is -1.06. The second-order valence-corrected chi connectivity index (χ2v) is 6.81. The van der Waals surface area contributed by atoms with E-state index < -0.39 is 0 Å². The molecule has 0 bridgehead atoms. The lowest BCUT2D eigenvalue weighted by Gasteiger charge is -2.29. The average molecular weight is 273 g/mol. The van der Waals surface area contributed by atoms with Gasteiger partial charge in [0.2, 0.25) is 0 Å². The Labute approximate surface area is 122 Å². The molecule has 110 valence electrons. The molecule has 3 nitrogen and oxygen atoms in total. The first kappa shape index (κ1) is 13.9. The van der Waals surface area contributed by atoms with E-state index in [0.29, 0.717) is 12.0 Å². The van der Waals surface area contributed by atoms with Crippen LogP contribution in [-0.2, 0) is 13.0 Å². The van der Waals surface area contributed by atoms with E-state index in [1.165, 1.54) is 43.6 Å². The highest BCUT2D eigenvalue weighted by molar-refractivity contribution is 5.52. The molecule has 1 unspecified atom stereocenters. The van der Waals surface area contributed by atoms with E-state index in [1.54, 1.807) is 5.56 Å². The molecule has 2 aliphatic heterocycles. The molecular formula is C17H27N3. The molecule has 0 aliphatic carbocycles. The number of anilines is 1. The monoisotopic (exact) mass is 273 g/mol. The second-order valence-electron chi connectivity index (χ2n) is 6.81. The van der Waals surface area contributed by atoms with Crippen molar-refractivity contribution in [2.75, 3.05) is 32.4 Å². The van der Waals surface area contributed by atoms with Crippen molar-refractivity contribution >= 4 is 5.69 Å². The molecule has 1 aromatic rings. The fraction of sp³-hybridized carbons (Fsp3) is 0.647. The molecule has 1 aromatic carbocycles. The normalized spacial score (nSPS) is 24.3. The molecule has 0 amide bonds. The van der Waals surface area contributed by atoms with Crippen LogP contribution in [0.15, 0.2) is 12.1 Å². The van der Waals surface area contributed by atoms with Gasteiger partial charge in [-0.05, 0) is 75.0 Å². The lowest BCUT2D eigenvalue weighted by molar-refractivity contribution is 0.272. The third-order valence-electron chi connectivity index (χ3n) is 4.97. The van der Waals surface area contributed by atoms with Crippen LogP contribution in [0.5, 0.6) is 0 Å². The minimum Gasteiger partial charge on any atom is -0.399 e. The zero-order valence-corrected chi connectivity index (χ0v) is 13.0. The molecular weight excluding hydrogens is 246 g/mol. The molecule has 0 aromatic heterocycles. The van der Waals surface area contributed by atoms with E-state index in [-0.39, 0.29) is 0 Å². The van der Waals surface area contributed by atoms with Gasteiger partial charge in [0.25, 0.3) is 0 Å². The number of rotatable bonds is 2. The Morgan fingerprint density at radius 1 is 1.25 bits per heavy atom. The topological polar surface area (TPSA) is 32.5 Å². The number of hydrogen-bond donors (Lipinski definition) is 1. The maximum atomic E-state index is 6.16. The third-order valence-corrected chi connectivity index (χ3v) is 4.97. The SMILES string of the molecule is CC(C)N1CCC(c2cc(N)cc3c2CCN(C)C3)C1. The predicted molar refractivity (Wildman–Crippen MR) is 85.0 cm³/mol. The summed E-state index contributed by atoms with van der Waals surface area (Å²) in [5.41, 5.74) is 11.7. The Balaban J connectivity index is 1.90. The summed E-state index contributed by atoms with van der Waals surface area (Å²) in [6.45, 7) is 9.24. The Kier molecular flexibility index (Phi) is 3.74. The molecule has 3 heteroatoms. The van der Waals surface area contributed by atoms with Gasteiger partial charge in [-0.15, -0.1) is 0 Å². The number of nitrogen functional groups attached to an aromatic ring is 1. The second kappa shape index (κ2) is 5.38. The lowest BCUT2D eigenvalue weighted by Crippen LogP contribution is -2.29. The minimum atomic E-state index is 0.656. The van der Waals surface area contributed by atoms with Gasteiger partial charge in [0.15, 0.2) is 0 Å². The van der Waals surface area contributed by atoms with Crippen LogP contribution in [0.1, 0.15) is 42.9 Å². The molecule has 2 aliphatic rings. The third kappa shape index (κ3) is 2.57. The summed E-state index contributed by atoms with van der Waals surface area (Å²) in [6, 6.07) is 5.09. The summed E-state index contributed by atoms with van der Waals surface area (Å²) in [7, 11) is 2.20. The van der Waals surface area contributed by atoms with Gasteiger partial charge in [-0.2, -0.15) is 0 Å². The van der Waals surface area contributed by atoms with Gasteiger partial charge in [-0.25, -0.2) is 0 Å². The largest absolute Gasteiger partial charge is 0.399 e. The summed E-state index contributed by atoms with van der Waals surface area (Å²) in [4.78, 5) is 4.98. The van der Waals surface area contributed by atoms with E-state index >= 15 is 0 Å². The quantitative estimate of drug-likeness (QED) is 0.840. The zero-order valence-electron chi connectivity index (χ0n) is 13.0. The van der Waals surface area contributed by atoms with E-state index in [4.69, 9.17) is 5.73 Å². The Bertz CT molecular complexity index is 495. The molecule has 20 heavy (non-hydrogen) atoms. The summed E-state index contributed by atoms with van der Waals surface area (Å²) in [5, 5.41) is 0. The van der Waals surface area contributed by atoms with Gasteiger partial charge in [0, 0.05) is 31.4 Å². The summed E-state index contributed by atoms with van der Waals surface area (Å²) >= 11 is 0. The van der Waals surface area contributed by atoms with Crippen molar-refractivity contribution < 1.29 is 0 Å². The first-order valence-electron chi connectivity index (χ1n) is 7.88. The summed E-state index contributed by atoms with van der Waals surface area (Å²) < 4.78 is 0. The van der Waals surface area contributed by atoms with E-state index in [0.717, 1.165) is 12.2 Å². The van der Waals surface area contributed by atoms with Crippen molar-refractivity contribution in [3.05, 3.63) is 28.8 Å². The number of nitrogens with two attached hydrogens (primary N) is 1. The molecule has 1 saturated heterocycles. The van der Waals surface area contributed by atoms with Crippen LogP contribution < -0.4 is 5.73 Å². The highest BCUT2D eigenvalue weighted by Crippen LogP contribution is 2.35. The standard InChI is InChI=1S/C17H27N3/c1-12(2)20-7-4-13(11-20)17-9-15(18)8-14-10-19(3)6-5-16(14)17/h8-9,12-13H,4-7,10-11,18H2,1-3H3. The van der Waals surface area contributed by atoms with Crippen molar-refractivity contribution in [2.45, 2.75) is 45.2 Å². The molecule has 0 spiro atoms. The van der Waals surface area contributed by atoms with Crippen LogP contribution in [0.3, 0.4) is 0 Å². The summed E-state index contributed by atoms with van der Waals surface area (Å²) in [5.74, 6) is 0.679. The number of likely N-dealkylation sites (tertiary alicyclic amines) is 1. The Morgan fingerprint density at radius 3 is 2.75 bits per heavy atom. The van der Waals surface area contributed by atoms with E-state index in [1.807, 2.05) is 0 Å². The van der Waals surface area contributed by atoms with Crippen LogP contribution in [-0.4, -0.2) is 42.5 Å². The lowest BCUT2D eigenvalue weighted by atomic mass is 9.86. The molecule has 0 saturated carbocycles. The highest BCUT2D eigenvalue weighted by Gasteiger charge is 2.29. The number of nitrogens with zero attached hydrogens (tertiary/aromatic N) is 2. The van der Waals surface area contributed by atoms with Gasteiger partial charge >= 0.3 is 0 Å². The molecule has 1 fully saturated rings. The predicted octanol–water partition coefficient (Wildman–Crippen LogP) is 2.45. The molecule has 2 N–H and O–H groups in total. The maximum Gasteiger partial charge on any atom is 0.0320 e. The Morgan fingerprint density at radius 2 is 2.05 bits per heavy atom. The number of hydrogen-bond acceptors (Lipinski definition) is 3. The molecule has 3 rings (SSSR count). The number of likely N-dealkylation sites (N-methyl/N-ethyl adjacent to an activating group) is 1. The molecule has 2 heterocycles. The van der Waals surface area contributed by atoms with Crippen molar-refractivity contribution in [2.24, 2.45) is 0 Å². The summed E-state index contributed by atoms with van der Waals surface area (Å²) in [6.07, 6.45) is 2.46. The van der Waals surface area contributed by atoms with Gasteiger partial charge in [-0.1, -0.05) is 0 Å². The van der Waals surface area contributed by atoms with Gasteiger partial charge in [0.05, 0.1) is 0 Å². The van der Waals surface area contributed by atoms with Crippen molar-refractivity contribution in [1.82, 2.24) is 9.80 Å². The van der Waals surface area contributed by atoms with Crippen LogP contribution in [0.4, 0.5) is 5.69 Å². The van der Waals surface area contributed by atoms with Crippen LogP contribution >= 0.6 is 0 Å². The van der Waals surface area contributed by atoms with E-state index in [9.17, 15) is 0 Å². The van der Waals surface area contributed by atoms with Crippen LogP contribution in [0.2, 0.25) is 0 Å². The van der Waals surface area contributed by atoms with Gasteiger partial charge < -0.3 is 15.5 Å². The number of fused-ring (bicyclic) bond motifs is 1. The zero-order chi connectivity index (χ0) is 14.3. The average Bonchev–Trinajstić information content (AvgIpc) is 2.86. The van der Waals surface area contributed by atoms with Crippen LogP contribution in [0.25, 0.3) is 0 Å². The highest BCUT2D eigenvalue weighted by atomic mass is 15.2. The van der Waals surface area contributed by atoms with E-state index in [2.05, 4.69) is 42.8 Å². The number of benzene rings is 1. The fourth-order valence-electron chi connectivity index (χ4n) is 3.77. The first-order valence-corrected chi connectivity index (χ1v) is 7.88. The smallest absolute Gasteiger partial charge is 0.0320 e. The minimum absolute atomic E-state index is 0.656. The fourth-order valence-corrected chi connectivity index (χ4v) is 3.77. The molecule has 0 radical (unpaired) electrons. The van der Waals surface area contributed by atoms with Crippen molar-refractivity contribution in [1.29, 1.82) is 0 Å². The van der Waals surface area contributed by atoms with Gasteiger partial charge in [0.1, 0.15) is 0 Å². The van der Waals surface area contributed by atoms with Crippen molar-refractivity contribution in [3.8, 4) is 0 Å². The van der Waals surface area contributed by atoms with Crippen LogP contribution in [0, 0.1) is 0 Å². The first-order chi connectivity index (χ1) is 9.54. The maximum absolute atomic E-state index is 6.16. The van der Waals surface area contributed by atoms with Gasteiger partial charge in [-0.3, -0.25) is 0 Å².